The number of carbonyl (C=O) groups is 1. The molecule has 1 saturated heterocycles. The summed E-state index contributed by atoms with van der Waals surface area (Å²) in [4.78, 5) is 11.7. The second kappa shape index (κ2) is 6.55. The van der Waals surface area contributed by atoms with Crippen molar-refractivity contribution in [2.24, 2.45) is 0 Å². The van der Waals surface area contributed by atoms with E-state index in [0.717, 1.165) is 12.8 Å². The van der Waals surface area contributed by atoms with Crippen LogP contribution in [0.3, 0.4) is 0 Å². The number of benzene rings is 1. The van der Waals surface area contributed by atoms with Crippen LogP contribution in [0, 0.1) is 6.92 Å². The molecule has 0 aromatic heterocycles. The molecule has 6 nitrogen and oxygen atoms in total. The summed E-state index contributed by atoms with van der Waals surface area (Å²) in [7, 11) is -2.43. The Kier molecular flexibility index (Phi) is 4.97. The molecule has 0 spiro atoms. The molecule has 0 saturated carbocycles. The summed E-state index contributed by atoms with van der Waals surface area (Å²) >= 11 is 0. The molecule has 0 amide bonds. The van der Waals surface area contributed by atoms with E-state index in [1.54, 1.807) is 13.0 Å². The number of methoxy groups -OCH3 is 1. The fourth-order valence-electron chi connectivity index (χ4n) is 2.35. The summed E-state index contributed by atoms with van der Waals surface area (Å²) in [5, 5.41) is 0. The van der Waals surface area contributed by atoms with Crippen LogP contribution in [-0.4, -0.2) is 40.8 Å². The van der Waals surface area contributed by atoms with Gasteiger partial charge in [-0.1, -0.05) is 6.07 Å². The molecular formula is C14H19NO5S. The molecule has 0 radical (unpaired) electrons. The van der Waals surface area contributed by atoms with Crippen LogP contribution >= 0.6 is 0 Å². The average molecular weight is 313 g/mol. The zero-order valence-electron chi connectivity index (χ0n) is 12.1. The predicted molar refractivity (Wildman–Crippen MR) is 76.7 cm³/mol. The van der Waals surface area contributed by atoms with E-state index in [-0.39, 0.29) is 16.5 Å². The van der Waals surface area contributed by atoms with Gasteiger partial charge in [0.25, 0.3) is 0 Å². The van der Waals surface area contributed by atoms with E-state index in [0.29, 0.717) is 18.8 Å². The first-order chi connectivity index (χ1) is 9.95. The topological polar surface area (TPSA) is 81.7 Å². The number of carbonyl (C=O) groups excluding carboxylic acids is 1. The SMILES string of the molecule is COC(=O)c1cccc(S(=O)(=O)N[C@H]2CCCOC2)c1C. The number of esters is 1. The first kappa shape index (κ1) is 15.9. The molecule has 1 N–H and O–H groups in total. The summed E-state index contributed by atoms with van der Waals surface area (Å²) in [5.74, 6) is -0.550. The average Bonchev–Trinajstić information content (AvgIpc) is 2.47. The van der Waals surface area contributed by atoms with Crippen LogP contribution in [0.15, 0.2) is 23.1 Å². The molecule has 1 heterocycles. The highest BCUT2D eigenvalue weighted by Gasteiger charge is 2.25. The Labute approximate surface area is 124 Å². The van der Waals surface area contributed by atoms with Gasteiger partial charge in [-0.3, -0.25) is 0 Å². The molecule has 116 valence electrons. The van der Waals surface area contributed by atoms with E-state index >= 15 is 0 Å². The Bertz CT molecular complexity index is 620. The smallest absolute Gasteiger partial charge is 0.338 e. The van der Waals surface area contributed by atoms with E-state index in [1.807, 2.05) is 0 Å². The van der Waals surface area contributed by atoms with Gasteiger partial charge in [0.05, 0.1) is 24.2 Å². The zero-order chi connectivity index (χ0) is 15.5. The van der Waals surface area contributed by atoms with Crippen LogP contribution in [0.5, 0.6) is 0 Å². The molecule has 2 rings (SSSR count). The number of hydrogen-bond acceptors (Lipinski definition) is 5. The van der Waals surface area contributed by atoms with Crippen LogP contribution in [-0.2, 0) is 19.5 Å². The van der Waals surface area contributed by atoms with Gasteiger partial charge in [-0.05, 0) is 37.5 Å². The number of sulfonamides is 1. The summed E-state index contributed by atoms with van der Waals surface area (Å²) < 4.78 is 37.5. The van der Waals surface area contributed by atoms with E-state index in [4.69, 9.17) is 4.74 Å². The fraction of sp³-hybridized carbons (Fsp3) is 0.500. The third-order valence-electron chi connectivity index (χ3n) is 3.46. The van der Waals surface area contributed by atoms with Crippen LogP contribution in [0.25, 0.3) is 0 Å². The quantitative estimate of drug-likeness (QED) is 0.846. The van der Waals surface area contributed by atoms with E-state index in [9.17, 15) is 13.2 Å². The Morgan fingerprint density at radius 1 is 1.43 bits per heavy atom. The highest BCUT2D eigenvalue weighted by Crippen LogP contribution is 2.20. The van der Waals surface area contributed by atoms with Gasteiger partial charge in [-0.2, -0.15) is 0 Å². The summed E-state index contributed by atoms with van der Waals surface area (Å²) in [6, 6.07) is 4.33. The van der Waals surface area contributed by atoms with Gasteiger partial charge in [0, 0.05) is 12.6 Å². The lowest BCUT2D eigenvalue weighted by Gasteiger charge is -2.23. The van der Waals surface area contributed by atoms with Gasteiger partial charge < -0.3 is 9.47 Å². The molecule has 1 fully saturated rings. The van der Waals surface area contributed by atoms with E-state index in [1.165, 1.54) is 19.2 Å². The second-order valence-electron chi connectivity index (χ2n) is 4.96. The minimum atomic E-state index is -3.69. The minimum Gasteiger partial charge on any atom is -0.465 e. The van der Waals surface area contributed by atoms with Crippen LogP contribution in [0.2, 0.25) is 0 Å². The third kappa shape index (κ3) is 3.61. The van der Waals surface area contributed by atoms with Crippen molar-refractivity contribution in [3.63, 3.8) is 0 Å². The number of rotatable bonds is 4. The van der Waals surface area contributed by atoms with Gasteiger partial charge >= 0.3 is 5.97 Å². The van der Waals surface area contributed by atoms with Crippen molar-refractivity contribution in [2.45, 2.75) is 30.7 Å². The van der Waals surface area contributed by atoms with Crippen molar-refractivity contribution < 1.29 is 22.7 Å². The summed E-state index contributed by atoms with van der Waals surface area (Å²) in [6.07, 6.45) is 1.57. The van der Waals surface area contributed by atoms with Crippen LogP contribution in [0.4, 0.5) is 0 Å². The van der Waals surface area contributed by atoms with Crippen molar-refractivity contribution in [3.05, 3.63) is 29.3 Å². The molecule has 0 aliphatic carbocycles. The molecule has 1 atom stereocenters. The van der Waals surface area contributed by atoms with Gasteiger partial charge in [-0.25, -0.2) is 17.9 Å². The second-order valence-corrected chi connectivity index (χ2v) is 6.64. The maximum atomic E-state index is 12.5. The largest absolute Gasteiger partial charge is 0.465 e. The molecule has 0 bridgehead atoms. The molecule has 1 aromatic rings. The minimum absolute atomic E-state index is 0.0935. The monoisotopic (exact) mass is 313 g/mol. The molecule has 1 aliphatic rings. The first-order valence-corrected chi connectivity index (χ1v) is 8.22. The standard InChI is InChI=1S/C14H19NO5S/c1-10-12(14(16)19-2)6-3-7-13(10)21(17,18)15-11-5-4-8-20-9-11/h3,6-7,11,15H,4-5,8-9H2,1-2H3/t11-/m0/s1. The molecule has 1 aromatic carbocycles. The number of hydrogen-bond donors (Lipinski definition) is 1. The maximum absolute atomic E-state index is 12.5. The lowest BCUT2D eigenvalue weighted by atomic mass is 10.1. The molecule has 1 aliphatic heterocycles. The Hall–Kier alpha value is -1.44. The van der Waals surface area contributed by atoms with Crippen LogP contribution < -0.4 is 4.72 Å². The van der Waals surface area contributed by atoms with Gasteiger partial charge in [0.2, 0.25) is 10.0 Å². The van der Waals surface area contributed by atoms with Crippen molar-refractivity contribution >= 4 is 16.0 Å². The molecule has 21 heavy (non-hydrogen) atoms. The Morgan fingerprint density at radius 2 is 2.19 bits per heavy atom. The summed E-state index contributed by atoms with van der Waals surface area (Å²) in [6.45, 7) is 2.63. The lowest BCUT2D eigenvalue weighted by molar-refractivity contribution is 0.0599. The highest BCUT2D eigenvalue weighted by atomic mass is 32.2. The highest BCUT2D eigenvalue weighted by molar-refractivity contribution is 7.89. The predicted octanol–water partition coefficient (Wildman–Crippen LogP) is 1.24. The normalized spacial score (nSPS) is 19.2. The van der Waals surface area contributed by atoms with Gasteiger partial charge in [0.1, 0.15) is 0 Å². The molecular weight excluding hydrogens is 294 g/mol. The lowest BCUT2D eigenvalue weighted by Crippen LogP contribution is -2.40. The van der Waals surface area contributed by atoms with E-state index < -0.39 is 16.0 Å². The Morgan fingerprint density at radius 3 is 2.81 bits per heavy atom. The number of ether oxygens (including phenoxy) is 2. The molecule has 7 heteroatoms. The fourth-order valence-corrected chi connectivity index (χ4v) is 3.88. The molecule has 0 unspecified atom stereocenters. The maximum Gasteiger partial charge on any atom is 0.338 e. The number of nitrogens with one attached hydrogen (secondary N) is 1. The van der Waals surface area contributed by atoms with Crippen molar-refractivity contribution in [1.82, 2.24) is 4.72 Å². The van der Waals surface area contributed by atoms with Crippen LogP contribution in [0.1, 0.15) is 28.8 Å². The zero-order valence-corrected chi connectivity index (χ0v) is 12.9. The van der Waals surface area contributed by atoms with Gasteiger partial charge in [-0.15, -0.1) is 0 Å². The van der Waals surface area contributed by atoms with E-state index in [2.05, 4.69) is 9.46 Å². The third-order valence-corrected chi connectivity index (χ3v) is 5.13. The first-order valence-electron chi connectivity index (χ1n) is 6.73. The summed E-state index contributed by atoms with van der Waals surface area (Å²) in [5.41, 5.74) is 0.633. The Balaban J connectivity index is 2.29. The van der Waals surface area contributed by atoms with Crippen molar-refractivity contribution in [1.29, 1.82) is 0 Å². The van der Waals surface area contributed by atoms with Crippen molar-refractivity contribution in [3.8, 4) is 0 Å². The van der Waals surface area contributed by atoms with Crippen molar-refractivity contribution in [2.75, 3.05) is 20.3 Å². The van der Waals surface area contributed by atoms with Gasteiger partial charge in [0.15, 0.2) is 0 Å².